The van der Waals surface area contributed by atoms with Crippen LogP contribution in [0.2, 0.25) is 0 Å². The number of carbonyl (C=O) groups is 1. The molecular weight excluding hydrogens is 428 g/mol. The number of hydrogen-bond acceptors (Lipinski definition) is 6. The van der Waals surface area contributed by atoms with E-state index in [1.165, 1.54) is 18.2 Å². The van der Waals surface area contributed by atoms with E-state index < -0.39 is 10.0 Å². The van der Waals surface area contributed by atoms with Crippen molar-refractivity contribution in [2.24, 2.45) is 0 Å². The van der Waals surface area contributed by atoms with Crippen LogP contribution in [-0.4, -0.2) is 24.4 Å². The van der Waals surface area contributed by atoms with Gasteiger partial charge in [-0.2, -0.15) is 0 Å². The molecule has 8 nitrogen and oxygen atoms in total. The number of aromatic nitrogens is 1. The zero-order valence-electron chi connectivity index (χ0n) is 18.1. The molecule has 0 unspecified atom stereocenters. The second-order valence-corrected chi connectivity index (χ2v) is 9.30. The first-order valence-corrected chi connectivity index (χ1v) is 11.4. The second kappa shape index (κ2) is 9.27. The number of nitrogens with one attached hydrogen (secondary N) is 2. The molecule has 1 heterocycles. The number of nitrogens with zero attached hydrogens (tertiary/aromatic N) is 1. The molecule has 0 atom stereocenters. The third-order valence-electron chi connectivity index (χ3n) is 5.09. The van der Waals surface area contributed by atoms with Crippen LogP contribution in [0, 0.1) is 20.8 Å². The lowest BCUT2D eigenvalue weighted by molar-refractivity contribution is -0.120. The Labute approximate surface area is 187 Å². The topological polar surface area (TPSA) is 134 Å². The van der Waals surface area contributed by atoms with Crippen molar-refractivity contribution in [1.29, 1.82) is 0 Å². The zero-order chi connectivity index (χ0) is 23.5. The van der Waals surface area contributed by atoms with Gasteiger partial charge in [0.2, 0.25) is 5.91 Å². The maximum absolute atomic E-state index is 12.7. The number of rotatable bonds is 7. The summed E-state index contributed by atoms with van der Waals surface area (Å²) in [6.07, 6.45) is -0.112. The first kappa shape index (κ1) is 23.1. The molecule has 9 heteroatoms. The number of aryl methyl sites for hydroxylation is 3. The van der Waals surface area contributed by atoms with Crippen molar-refractivity contribution < 1.29 is 18.3 Å². The molecule has 0 saturated heterocycles. The molecule has 3 aromatic rings. The summed E-state index contributed by atoms with van der Waals surface area (Å²) in [4.78, 5) is 16.8. The van der Waals surface area contributed by atoms with Crippen LogP contribution in [0.15, 0.2) is 53.4 Å². The van der Waals surface area contributed by atoms with Gasteiger partial charge < -0.3 is 16.2 Å². The predicted octanol–water partition coefficient (Wildman–Crippen LogP) is 2.95. The number of nitrogens with two attached hydrogens (primary N) is 1. The average molecular weight is 455 g/mol. The molecule has 0 fully saturated rings. The molecule has 1 aromatic heterocycles. The third-order valence-corrected chi connectivity index (χ3v) is 6.45. The summed E-state index contributed by atoms with van der Waals surface area (Å²) in [5.74, 6) is -0.192. The molecule has 168 valence electrons. The van der Waals surface area contributed by atoms with E-state index in [0.29, 0.717) is 16.9 Å². The molecule has 3 rings (SSSR count). The number of benzene rings is 2. The highest BCUT2D eigenvalue weighted by molar-refractivity contribution is 7.92. The molecule has 1 amide bonds. The lowest BCUT2D eigenvalue weighted by Crippen LogP contribution is -2.25. The smallest absolute Gasteiger partial charge is 0.262 e. The highest BCUT2D eigenvalue weighted by Gasteiger charge is 2.20. The molecule has 32 heavy (non-hydrogen) atoms. The van der Waals surface area contributed by atoms with Gasteiger partial charge in [0, 0.05) is 17.8 Å². The Balaban J connectivity index is 1.76. The molecule has 0 aliphatic rings. The Morgan fingerprint density at radius 2 is 1.84 bits per heavy atom. The van der Waals surface area contributed by atoms with E-state index in [-0.39, 0.29) is 35.2 Å². The Kier molecular flexibility index (Phi) is 6.69. The van der Waals surface area contributed by atoms with Gasteiger partial charge in [0.05, 0.1) is 17.0 Å². The van der Waals surface area contributed by atoms with Gasteiger partial charge in [0.1, 0.15) is 11.6 Å². The first-order valence-electron chi connectivity index (χ1n) is 9.96. The summed E-state index contributed by atoms with van der Waals surface area (Å²) in [6.45, 7) is 5.60. The highest BCUT2D eigenvalue weighted by Crippen LogP contribution is 2.32. The Morgan fingerprint density at radius 1 is 1.09 bits per heavy atom. The summed E-state index contributed by atoms with van der Waals surface area (Å²) in [5, 5.41) is 13.5. The summed E-state index contributed by atoms with van der Waals surface area (Å²) < 4.78 is 27.9. The van der Waals surface area contributed by atoms with Crippen molar-refractivity contribution in [2.75, 3.05) is 10.5 Å². The first-order chi connectivity index (χ1) is 15.1. The number of hydrogen-bond donors (Lipinski definition) is 4. The van der Waals surface area contributed by atoms with Crippen molar-refractivity contribution in [1.82, 2.24) is 10.3 Å². The van der Waals surface area contributed by atoms with Gasteiger partial charge in [0.15, 0.2) is 0 Å². The van der Waals surface area contributed by atoms with Gasteiger partial charge in [-0.05, 0) is 61.7 Å². The van der Waals surface area contributed by atoms with Crippen LogP contribution in [0.3, 0.4) is 0 Å². The van der Waals surface area contributed by atoms with E-state index in [0.717, 1.165) is 16.8 Å². The van der Waals surface area contributed by atoms with Crippen molar-refractivity contribution >= 4 is 27.4 Å². The zero-order valence-corrected chi connectivity index (χ0v) is 19.0. The predicted molar refractivity (Wildman–Crippen MR) is 124 cm³/mol. The van der Waals surface area contributed by atoms with Gasteiger partial charge >= 0.3 is 0 Å². The Hall–Kier alpha value is -3.59. The number of pyridine rings is 1. The fraction of sp³-hybridized carbons (Fsp3) is 0.217. The van der Waals surface area contributed by atoms with Crippen LogP contribution in [0.1, 0.15) is 27.9 Å². The van der Waals surface area contributed by atoms with E-state index in [1.54, 1.807) is 51.1 Å². The number of carbonyl (C=O) groups excluding carboxylic acids is 1. The molecule has 0 radical (unpaired) electrons. The summed E-state index contributed by atoms with van der Waals surface area (Å²) in [7, 11) is -3.90. The maximum atomic E-state index is 12.7. The van der Waals surface area contributed by atoms with Crippen LogP contribution in [0.4, 0.5) is 11.5 Å². The number of phenolic OH excluding ortho intramolecular Hbond substituents is 1. The number of phenols is 1. The molecule has 0 saturated carbocycles. The van der Waals surface area contributed by atoms with Crippen LogP contribution in [0.5, 0.6) is 5.75 Å². The highest BCUT2D eigenvalue weighted by atomic mass is 32.2. The standard InChI is InChI=1S/C23H26N4O4S/c1-14-5-4-6-18(11-14)32(30,31)27-20-9-7-15(2)19(23(20)29)12-22(28)25-13-17-8-10-21(24)26-16(17)3/h4-11,27,29H,12-13H2,1-3H3,(H2,24,26)(H,25,28). The molecular formula is C23H26N4O4S. The second-order valence-electron chi connectivity index (χ2n) is 7.61. The van der Waals surface area contributed by atoms with Crippen LogP contribution in [-0.2, 0) is 27.8 Å². The number of anilines is 2. The average Bonchev–Trinajstić information content (AvgIpc) is 2.72. The minimum absolute atomic E-state index is 0.0125. The Bertz CT molecular complexity index is 1270. The van der Waals surface area contributed by atoms with Gasteiger partial charge in [-0.25, -0.2) is 13.4 Å². The van der Waals surface area contributed by atoms with E-state index in [1.807, 2.05) is 0 Å². The van der Waals surface area contributed by atoms with Gasteiger partial charge in [-0.15, -0.1) is 0 Å². The summed E-state index contributed by atoms with van der Waals surface area (Å²) in [5.41, 5.74) is 9.02. The number of aromatic hydroxyl groups is 1. The Morgan fingerprint density at radius 3 is 2.53 bits per heavy atom. The number of amides is 1. The normalized spacial score (nSPS) is 11.2. The van der Waals surface area contributed by atoms with Crippen LogP contribution >= 0.6 is 0 Å². The molecule has 2 aromatic carbocycles. The van der Waals surface area contributed by atoms with E-state index in [9.17, 15) is 18.3 Å². The lowest BCUT2D eigenvalue weighted by atomic mass is 10.0. The summed E-state index contributed by atoms with van der Waals surface area (Å²) in [6, 6.07) is 13.0. The van der Waals surface area contributed by atoms with Gasteiger partial charge in [-0.1, -0.05) is 24.3 Å². The lowest BCUT2D eigenvalue weighted by Gasteiger charge is -2.15. The molecule has 0 spiro atoms. The maximum Gasteiger partial charge on any atom is 0.262 e. The fourth-order valence-electron chi connectivity index (χ4n) is 3.24. The quantitative estimate of drug-likeness (QED) is 0.406. The third kappa shape index (κ3) is 5.36. The SMILES string of the molecule is Cc1cccc(S(=O)(=O)Nc2ccc(C)c(CC(=O)NCc3ccc(N)nc3C)c2O)c1. The minimum Gasteiger partial charge on any atom is -0.505 e. The largest absolute Gasteiger partial charge is 0.505 e. The van der Waals surface area contributed by atoms with Crippen molar-refractivity contribution in [3.8, 4) is 5.75 Å². The number of nitrogen functional groups attached to an aromatic ring is 1. The fourth-order valence-corrected chi connectivity index (χ4v) is 4.41. The van der Waals surface area contributed by atoms with E-state index in [4.69, 9.17) is 5.73 Å². The van der Waals surface area contributed by atoms with Crippen molar-refractivity contribution in [3.05, 3.63) is 76.5 Å². The monoisotopic (exact) mass is 454 g/mol. The van der Waals surface area contributed by atoms with Crippen LogP contribution < -0.4 is 15.8 Å². The minimum atomic E-state index is -3.90. The van der Waals surface area contributed by atoms with Crippen LogP contribution in [0.25, 0.3) is 0 Å². The van der Waals surface area contributed by atoms with Gasteiger partial charge in [-0.3, -0.25) is 9.52 Å². The van der Waals surface area contributed by atoms with E-state index >= 15 is 0 Å². The number of sulfonamides is 1. The molecule has 5 N–H and O–H groups in total. The molecule has 0 aliphatic carbocycles. The summed E-state index contributed by atoms with van der Waals surface area (Å²) >= 11 is 0. The van der Waals surface area contributed by atoms with E-state index in [2.05, 4.69) is 15.0 Å². The molecule has 0 bridgehead atoms. The van der Waals surface area contributed by atoms with Gasteiger partial charge in [0.25, 0.3) is 10.0 Å². The van der Waals surface area contributed by atoms with Crippen molar-refractivity contribution in [3.63, 3.8) is 0 Å². The molecule has 0 aliphatic heterocycles. The van der Waals surface area contributed by atoms with Crippen molar-refractivity contribution in [2.45, 2.75) is 38.6 Å².